The van der Waals surface area contributed by atoms with Crippen LogP contribution in [0.4, 0.5) is 4.79 Å². The molecule has 0 aliphatic heterocycles. The molecule has 0 saturated heterocycles. The molecule has 1 aromatic heterocycles. The van der Waals surface area contributed by atoms with Gasteiger partial charge in [0.05, 0.1) is 0 Å². The van der Waals surface area contributed by atoms with Crippen LogP contribution in [0.25, 0.3) is 0 Å². The largest absolute Gasteiger partial charge is 0.451 e. The minimum Gasteiger partial charge on any atom is -0.451 e. The number of ether oxygens (including phenoxy) is 1. The molecular weight excluding hydrogens is 328 g/mol. The molecular formula is C17H22N2O4S. The van der Waals surface area contributed by atoms with Crippen LogP contribution in [-0.4, -0.2) is 30.6 Å². The Morgan fingerprint density at radius 3 is 2.79 bits per heavy atom. The zero-order valence-corrected chi connectivity index (χ0v) is 14.5. The van der Waals surface area contributed by atoms with Crippen molar-refractivity contribution in [2.24, 2.45) is 5.92 Å². The molecule has 0 bridgehead atoms. The number of rotatable bonds is 5. The molecule has 2 N–H and O–H groups in total. The molecule has 2 aliphatic carbocycles. The molecule has 0 unspecified atom stereocenters. The van der Waals surface area contributed by atoms with E-state index in [0.29, 0.717) is 10.8 Å². The first-order valence-electron chi connectivity index (χ1n) is 8.44. The minimum absolute atomic E-state index is 0.171. The second-order valence-corrected chi connectivity index (χ2v) is 7.58. The average Bonchev–Trinajstić information content (AvgIpc) is 3.26. The molecule has 24 heavy (non-hydrogen) atoms. The Hall–Kier alpha value is -1.89. The lowest BCUT2D eigenvalue weighted by Crippen LogP contribution is -2.42. The average molecular weight is 350 g/mol. The van der Waals surface area contributed by atoms with Gasteiger partial charge in [-0.05, 0) is 49.7 Å². The summed E-state index contributed by atoms with van der Waals surface area (Å²) in [5.74, 6) is -0.430. The lowest BCUT2D eigenvalue weighted by molar-refractivity contribution is -0.123. The summed E-state index contributed by atoms with van der Waals surface area (Å²) in [5.41, 5.74) is 1.23. The maximum atomic E-state index is 12.1. The van der Waals surface area contributed by atoms with Crippen LogP contribution in [0.15, 0.2) is 6.07 Å². The van der Waals surface area contributed by atoms with E-state index in [2.05, 4.69) is 17.6 Å². The Kier molecular flexibility index (Phi) is 5.18. The molecule has 3 rings (SSSR count). The third kappa shape index (κ3) is 4.35. The summed E-state index contributed by atoms with van der Waals surface area (Å²) in [5, 5.41) is 4.79. The third-order valence-electron chi connectivity index (χ3n) is 4.46. The van der Waals surface area contributed by atoms with Crippen molar-refractivity contribution in [3.05, 3.63) is 21.4 Å². The van der Waals surface area contributed by atoms with E-state index >= 15 is 0 Å². The van der Waals surface area contributed by atoms with E-state index < -0.39 is 24.5 Å². The molecule has 0 aromatic carbocycles. The summed E-state index contributed by atoms with van der Waals surface area (Å²) in [4.78, 5) is 36.9. The predicted molar refractivity (Wildman–Crippen MR) is 90.1 cm³/mol. The summed E-state index contributed by atoms with van der Waals surface area (Å²) in [6.07, 6.45) is 6.22. The first-order valence-corrected chi connectivity index (χ1v) is 9.25. The summed E-state index contributed by atoms with van der Waals surface area (Å²) >= 11 is 1.45. The summed E-state index contributed by atoms with van der Waals surface area (Å²) in [6.45, 7) is 1.74. The van der Waals surface area contributed by atoms with Crippen molar-refractivity contribution in [1.29, 1.82) is 0 Å². The summed E-state index contributed by atoms with van der Waals surface area (Å²) < 4.78 is 5.02. The number of hydrogen-bond acceptors (Lipinski definition) is 5. The number of aryl methyl sites for hydroxylation is 1. The fourth-order valence-electron chi connectivity index (χ4n) is 2.86. The van der Waals surface area contributed by atoms with E-state index in [0.717, 1.165) is 38.5 Å². The third-order valence-corrected chi connectivity index (χ3v) is 5.68. The van der Waals surface area contributed by atoms with Gasteiger partial charge in [0, 0.05) is 10.9 Å². The number of amides is 3. The van der Waals surface area contributed by atoms with Crippen LogP contribution in [0.5, 0.6) is 0 Å². The van der Waals surface area contributed by atoms with Gasteiger partial charge in [0.2, 0.25) is 0 Å². The number of imide groups is 1. The van der Waals surface area contributed by atoms with Crippen molar-refractivity contribution in [3.63, 3.8) is 0 Å². The molecule has 2 aliphatic rings. The molecule has 1 saturated carbocycles. The lowest BCUT2D eigenvalue weighted by Gasteiger charge is -2.19. The van der Waals surface area contributed by atoms with Gasteiger partial charge in [0.15, 0.2) is 6.61 Å². The van der Waals surface area contributed by atoms with Gasteiger partial charge in [0.1, 0.15) is 4.88 Å². The smallest absolute Gasteiger partial charge is 0.348 e. The molecule has 1 atom stereocenters. The maximum Gasteiger partial charge on any atom is 0.348 e. The van der Waals surface area contributed by atoms with Gasteiger partial charge in [-0.3, -0.25) is 10.1 Å². The van der Waals surface area contributed by atoms with Gasteiger partial charge in [-0.15, -0.1) is 11.3 Å². The standard InChI is InChI=1S/C17H22N2O4S/c1-2-10-3-6-13-11(7-10)8-14(24-13)16(21)23-9-15(20)19-17(22)18-12-4-5-12/h8,10,12H,2-7,9H2,1H3,(H2,18,19,20,22)/t10-/m0/s1. The van der Waals surface area contributed by atoms with Crippen LogP contribution >= 0.6 is 11.3 Å². The van der Waals surface area contributed by atoms with Crippen molar-refractivity contribution in [1.82, 2.24) is 10.6 Å². The van der Waals surface area contributed by atoms with E-state index in [-0.39, 0.29) is 6.04 Å². The van der Waals surface area contributed by atoms with Crippen molar-refractivity contribution in [2.45, 2.75) is 51.5 Å². The van der Waals surface area contributed by atoms with Crippen molar-refractivity contribution in [3.8, 4) is 0 Å². The van der Waals surface area contributed by atoms with Gasteiger partial charge in [-0.1, -0.05) is 13.3 Å². The number of carbonyl (C=O) groups is 3. The molecule has 3 amide bonds. The number of nitrogens with one attached hydrogen (secondary N) is 2. The van der Waals surface area contributed by atoms with Crippen LogP contribution in [-0.2, 0) is 22.4 Å². The number of hydrogen-bond donors (Lipinski definition) is 2. The van der Waals surface area contributed by atoms with Gasteiger partial charge in [0.25, 0.3) is 5.91 Å². The number of esters is 1. The molecule has 1 heterocycles. The molecule has 0 radical (unpaired) electrons. The SMILES string of the molecule is CC[C@H]1CCc2sc(C(=O)OCC(=O)NC(=O)NC3CC3)cc2C1. The Morgan fingerprint density at radius 1 is 1.29 bits per heavy atom. The maximum absolute atomic E-state index is 12.1. The molecule has 130 valence electrons. The van der Waals surface area contributed by atoms with Crippen LogP contribution in [0.2, 0.25) is 0 Å². The normalized spacial score (nSPS) is 19.3. The fourth-order valence-corrected chi connectivity index (χ4v) is 3.96. The van der Waals surface area contributed by atoms with Crippen LogP contribution in [0.1, 0.15) is 52.7 Å². The fraction of sp³-hybridized carbons (Fsp3) is 0.588. The summed E-state index contributed by atoms with van der Waals surface area (Å²) in [6, 6.07) is 1.53. The Morgan fingerprint density at radius 2 is 2.08 bits per heavy atom. The first-order chi connectivity index (χ1) is 11.5. The molecule has 1 fully saturated rings. The van der Waals surface area contributed by atoms with Gasteiger partial charge >= 0.3 is 12.0 Å². The summed E-state index contributed by atoms with van der Waals surface area (Å²) in [7, 11) is 0. The highest BCUT2D eigenvalue weighted by molar-refractivity contribution is 7.14. The number of carbonyl (C=O) groups excluding carboxylic acids is 3. The van der Waals surface area contributed by atoms with Crippen molar-refractivity contribution in [2.75, 3.05) is 6.61 Å². The van der Waals surface area contributed by atoms with E-state index in [4.69, 9.17) is 4.74 Å². The first kappa shape index (κ1) is 17.0. The van der Waals surface area contributed by atoms with E-state index in [9.17, 15) is 14.4 Å². The van der Waals surface area contributed by atoms with Gasteiger partial charge in [-0.2, -0.15) is 0 Å². The van der Waals surface area contributed by atoms with Crippen molar-refractivity contribution < 1.29 is 19.1 Å². The van der Waals surface area contributed by atoms with Gasteiger partial charge < -0.3 is 10.1 Å². The highest BCUT2D eigenvalue weighted by atomic mass is 32.1. The quantitative estimate of drug-likeness (QED) is 0.799. The Balaban J connectivity index is 1.47. The van der Waals surface area contributed by atoms with Crippen molar-refractivity contribution >= 4 is 29.2 Å². The molecule has 6 nitrogen and oxygen atoms in total. The number of fused-ring (bicyclic) bond motifs is 1. The monoisotopic (exact) mass is 350 g/mol. The molecule has 1 aromatic rings. The number of urea groups is 1. The van der Waals surface area contributed by atoms with E-state index in [1.165, 1.54) is 21.8 Å². The number of thiophene rings is 1. The van der Waals surface area contributed by atoms with Gasteiger partial charge in [-0.25, -0.2) is 9.59 Å². The van der Waals surface area contributed by atoms with Crippen LogP contribution < -0.4 is 10.6 Å². The highest BCUT2D eigenvalue weighted by Gasteiger charge is 2.25. The Labute approximate surface area is 145 Å². The second-order valence-electron chi connectivity index (χ2n) is 6.45. The minimum atomic E-state index is -0.617. The topological polar surface area (TPSA) is 84.5 Å². The zero-order chi connectivity index (χ0) is 17.1. The molecule has 7 heteroatoms. The Bertz CT molecular complexity index is 651. The van der Waals surface area contributed by atoms with E-state index in [1.54, 1.807) is 0 Å². The predicted octanol–water partition coefficient (Wildman–Crippen LogP) is 2.41. The van der Waals surface area contributed by atoms with E-state index in [1.807, 2.05) is 6.07 Å². The van der Waals surface area contributed by atoms with Crippen LogP contribution in [0.3, 0.4) is 0 Å². The van der Waals surface area contributed by atoms with Crippen LogP contribution in [0, 0.1) is 5.92 Å². The second kappa shape index (κ2) is 7.34. The lowest BCUT2D eigenvalue weighted by atomic mass is 9.87. The zero-order valence-electron chi connectivity index (χ0n) is 13.7. The highest BCUT2D eigenvalue weighted by Crippen LogP contribution is 2.33. The molecule has 0 spiro atoms.